The predicted octanol–water partition coefficient (Wildman–Crippen LogP) is 1.19. The van der Waals surface area contributed by atoms with Crippen LogP contribution in [0.1, 0.15) is 38.5 Å². The summed E-state index contributed by atoms with van der Waals surface area (Å²) in [6.07, 6.45) is 6.79. The lowest BCUT2D eigenvalue weighted by molar-refractivity contribution is 0.244. The lowest BCUT2D eigenvalue weighted by Crippen LogP contribution is -2.47. The smallest absolute Gasteiger partial charge is 0.214 e. The molecule has 5 heteroatoms. The van der Waals surface area contributed by atoms with Crippen molar-refractivity contribution < 1.29 is 8.42 Å². The first-order valence-electron chi connectivity index (χ1n) is 7.36. The summed E-state index contributed by atoms with van der Waals surface area (Å²) in [7, 11) is -2.99. The Kier molecular flexibility index (Phi) is 3.65. The second-order valence-electron chi connectivity index (χ2n) is 6.16. The van der Waals surface area contributed by atoms with Gasteiger partial charge < -0.3 is 5.32 Å². The molecule has 18 heavy (non-hydrogen) atoms. The molecule has 3 aliphatic rings. The Morgan fingerprint density at radius 2 is 2.00 bits per heavy atom. The second-order valence-corrected chi connectivity index (χ2v) is 8.25. The van der Waals surface area contributed by atoms with Crippen LogP contribution in [-0.2, 0) is 10.0 Å². The van der Waals surface area contributed by atoms with Crippen LogP contribution < -0.4 is 5.32 Å². The van der Waals surface area contributed by atoms with Crippen molar-refractivity contribution in [1.29, 1.82) is 0 Å². The van der Waals surface area contributed by atoms with Gasteiger partial charge >= 0.3 is 0 Å². The van der Waals surface area contributed by atoms with Crippen molar-refractivity contribution in [3.63, 3.8) is 0 Å². The maximum atomic E-state index is 12.3. The van der Waals surface area contributed by atoms with E-state index in [0.29, 0.717) is 23.6 Å². The van der Waals surface area contributed by atoms with E-state index in [0.717, 1.165) is 38.9 Å². The number of sulfonamides is 1. The lowest BCUT2D eigenvalue weighted by atomic mass is 9.84. The van der Waals surface area contributed by atoms with Crippen LogP contribution in [0.15, 0.2) is 0 Å². The molecule has 3 fully saturated rings. The molecule has 1 N–H and O–H groups in total. The summed E-state index contributed by atoms with van der Waals surface area (Å²) in [5, 5.41) is 3.48. The summed E-state index contributed by atoms with van der Waals surface area (Å²) < 4.78 is 26.4. The zero-order valence-corrected chi connectivity index (χ0v) is 11.8. The molecule has 0 aromatic carbocycles. The van der Waals surface area contributed by atoms with Gasteiger partial charge in [0.1, 0.15) is 0 Å². The standard InChI is InChI=1S/C13H24N2O2S/c16-18(17,9-6-11-2-1-3-11)15-8-5-13-12(10-15)4-7-14-13/h11-14H,1-10H2. The molecule has 2 aliphatic heterocycles. The number of piperidine rings is 1. The van der Waals surface area contributed by atoms with E-state index in [4.69, 9.17) is 0 Å². The summed E-state index contributed by atoms with van der Waals surface area (Å²) in [5.74, 6) is 1.62. The highest BCUT2D eigenvalue weighted by Crippen LogP contribution is 2.31. The molecule has 0 aromatic heterocycles. The van der Waals surface area contributed by atoms with Gasteiger partial charge in [-0.1, -0.05) is 19.3 Å². The topological polar surface area (TPSA) is 49.4 Å². The molecule has 4 nitrogen and oxygen atoms in total. The van der Waals surface area contributed by atoms with Gasteiger partial charge in [0, 0.05) is 19.1 Å². The fraction of sp³-hybridized carbons (Fsp3) is 1.00. The van der Waals surface area contributed by atoms with Crippen LogP contribution in [0.4, 0.5) is 0 Å². The molecule has 1 aliphatic carbocycles. The highest BCUT2D eigenvalue weighted by atomic mass is 32.2. The quantitative estimate of drug-likeness (QED) is 0.836. The molecule has 104 valence electrons. The average Bonchev–Trinajstić information content (AvgIpc) is 2.73. The zero-order valence-electron chi connectivity index (χ0n) is 11.0. The van der Waals surface area contributed by atoms with Crippen LogP contribution in [0.25, 0.3) is 0 Å². The van der Waals surface area contributed by atoms with Crippen molar-refractivity contribution in [3.8, 4) is 0 Å². The minimum Gasteiger partial charge on any atom is -0.314 e. The van der Waals surface area contributed by atoms with Crippen LogP contribution in [0, 0.1) is 11.8 Å². The van der Waals surface area contributed by atoms with E-state index in [9.17, 15) is 8.42 Å². The van der Waals surface area contributed by atoms with Crippen molar-refractivity contribution in [3.05, 3.63) is 0 Å². The third kappa shape index (κ3) is 2.58. The third-order valence-corrected chi connectivity index (χ3v) is 6.89. The number of hydrogen-bond donors (Lipinski definition) is 1. The van der Waals surface area contributed by atoms with Gasteiger partial charge in [0.05, 0.1) is 5.75 Å². The molecule has 2 atom stereocenters. The van der Waals surface area contributed by atoms with E-state index in [2.05, 4.69) is 5.32 Å². The molecule has 0 aromatic rings. The number of fused-ring (bicyclic) bond motifs is 1. The number of hydrogen-bond acceptors (Lipinski definition) is 3. The van der Waals surface area contributed by atoms with Crippen molar-refractivity contribution in [1.82, 2.24) is 9.62 Å². The van der Waals surface area contributed by atoms with E-state index in [1.165, 1.54) is 19.3 Å². The van der Waals surface area contributed by atoms with Crippen molar-refractivity contribution in [2.24, 2.45) is 11.8 Å². The Labute approximate surface area is 110 Å². The van der Waals surface area contributed by atoms with E-state index in [1.54, 1.807) is 4.31 Å². The van der Waals surface area contributed by atoms with Gasteiger partial charge in [-0.2, -0.15) is 0 Å². The fourth-order valence-electron chi connectivity index (χ4n) is 3.49. The Bertz CT molecular complexity index is 392. The Hall–Kier alpha value is -0.130. The molecule has 1 saturated carbocycles. The Balaban J connectivity index is 1.55. The van der Waals surface area contributed by atoms with Crippen LogP contribution in [0.2, 0.25) is 0 Å². The van der Waals surface area contributed by atoms with Crippen LogP contribution in [0.3, 0.4) is 0 Å². The van der Waals surface area contributed by atoms with E-state index >= 15 is 0 Å². The summed E-state index contributed by atoms with van der Waals surface area (Å²) >= 11 is 0. The summed E-state index contributed by atoms with van der Waals surface area (Å²) in [6, 6.07) is 0.572. The third-order valence-electron chi connectivity index (χ3n) is 5.02. The predicted molar refractivity (Wildman–Crippen MR) is 71.8 cm³/mol. The molecule has 0 radical (unpaired) electrons. The van der Waals surface area contributed by atoms with Crippen molar-refractivity contribution in [2.45, 2.75) is 44.6 Å². The highest BCUT2D eigenvalue weighted by molar-refractivity contribution is 7.89. The van der Waals surface area contributed by atoms with E-state index < -0.39 is 10.0 Å². The molecular formula is C13H24N2O2S. The Morgan fingerprint density at radius 1 is 1.17 bits per heavy atom. The summed E-state index contributed by atoms with van der Waals surface area (Å²) in [4.78, 5) is 0. The first kappa shape index (κ1) is 12.9. The largest absolute Gasteiger partial charge is 0.314 e. The fourth-order valence-corrected chi connectivity index (χ4v) is 5.18. The first-order chi connectivity index (χ1) is 8.65. The molecular weight excluding hydrogens is 248 g/mol. The van der Waals surface area contributed by atoms with E-state index in [-0.39, 0.29) is 0 Å². The summed E-state index contributed by atoms with van der Waals surface area (Å²) in [5.41, 5.74) is 0. The Morgan fingerprint density at radius 3 is 2.72 bits per heavy atom. The van der Waals surface area contributed by atoms with Gasteiger partial charge in [-0.15, -0.1) is 0 Å². The number of rotatable bonds is 4. The van der Waals surface area contributed by atoms with E-state index in [1.807, 2.05) is 0 Å². The highest BCUT2D eigenvalue weighted by Gasteiger charge is 2.37. The molecule has 2 heterocycles. The normalized spacial score (nSPS) is 34.2. The van der Waals surface area contributed by atoms with Gasteiger partial charge in [0.15, 0.2) is 0 Å². The minimum atomic E-state index is -2.99. The molecule has 2 saturated heterocycles. The minimum absolute atomic E-state index is 0.377. The number of nitrogens with zero attached hydrogens (tertiary/aromatic N) is 1. The molecule has 0 spiro atoms. The molecule has 3 rings (SSSR count). The maximum Gasteiger partial charge on any atom is 0.214 e. The van der Waals surface area contributed by atoms with Gasteiger partial charge in [0.2, 0.25) is 10.0 Å². The monoisotopic (exact) mass is 272 g/mol. The second kappa shape index (κ2) is 5.10. The van der Waals surface area contributed by atoms with Gasteiger partial charge in [-0.05, 0) is 37.6 Å². The van der Waals surface area contributed by atoms with Gasteiger partial charge in [0.25, 0.3) is 0 Å². The average molecular weight is 272 g/mol. The molecule has 2 unspecified atom stereocenters. The van der Waals surface area contributed by atoms with Crippen LogP contribution in [-0.4, -0.2) is 44.2 Å². The van der Waals surface area contributed by atoms with Gasteiger partial charge in [-0.25, -0.2) is 12.7 Å². The van der Waals surface area contributed by atoms with Gasteiger partial charge in [-0.3, -0.25) is 0 Å². The van der Waals surface area contributed by atoms with Crippen molar-refractivity contribution >= 4 is 10.0 Å². The maximum absolute atomic E-state index is 12.3. The van der Waals surface area contributed by atoms with Crippen LogP contribution in [0.5, 0.6) is 0 Å². The SMILES string of the molecule is O=S(=O)(CCC1CCC1)N1CCC2NCCC2C1. The first-order valence-corrected chi connectivity index (χ1v) is 8.97. The van der Waals surface area contributed by atoms with Crippen molar-refractivity contribution in [2.75, 3.05) is 25.4 Å². The number of nitrogens with one attached hydrogen (secondary N) is 1. The molecule has 0 bridgehead atoms. The molecule has 0 amide bonds. The zero-order chi connectivity index (χ0) is 12.6. The van der Waals surface area contributed by atoms with Crippen LogP contribution >= 0.6 is 0 Å². The summed E-state index contributed by atoms with van der Waals surface area (Å²) in [6.45, 7) is 2.54. The lowest BCUT2D eigenvalue weighted by Gasteiger charge is -2.34.